The van der Waals surface area contributed by atoms with Crippen LogP contribution in [0.5, 0.6) is 5.75 Å². The van der Waals surface area contributed by atoms with Crippen LogP contribution in [0.4, 0.5) is 0 Å². The zero-order valence-electron chi connectivity index (χ0n) is 21.4. The summed E-state index contributed by atoms with van der Waals surface area (Å²) in [6.07, 6.45) is 5.24. The first kappa shape index (κ1) is 23.9. The molecule has 0 atom stereocenters. The maximum atomic E-state index is 11.8. The van der Waals surface area contributed by atoms with E-state index < -0.39 is 0 Å². The van der Waals surface area contributed by atoms with Crippen LogP contribution in [-0.4, -0.2) is 35.9 Å². The molecule has 194 valence electrons. The van der Waals surface area contributed by atoms with Crippen molar-refractivity contribution in [2.24, 2.45) is 0 Å². The number of Topliss-reactive ketones (excluding diaryl/α,β-unsaturated/α-hetero) is 1. The second-order valence-corrected chi connectivity index (χ2v) is 10.5. The van der Waals surface area contributed by atoms with Crippen molar-refractivity contribution < 1.29 is 9.53 Å². The van der Waals surface area contributed by atoms with Crippen molar-refractivity contribution >= 4 is 39.1 Å². The highest BCUT2D eigenvalue weighted by molar-refractivity contribution is 7.17. The van der Waals surface area contributed by atoms with E-state index in [4.69, 9.17) is 9.72 Å². The predicted octanol–water partition coefficient (Wildman–Crippen LogP) is 7.07. The number of nitrogens with one attached hydrogen (secondary N) is 2. The number of hydrogen-bond acceptors (Lipinski definition) is 7. The number of nitrogens with zero attached hydrogens (tertiary/aromatic N) is 4. The third-order valence-corrected chi connectivity index (χ3v) is 7.88. The van der Waals surface area contributed by atoms with E-state index in [0.29, 0.717) is 23.9 Å². The molecule has 5 aromatic heterocycles. The Morgan fingerprint density at radius 1 is 0.950 bits per heavy atom. The first-order valence-electron chi connectivity index (χ1n) is 12.7. The lowest BCUT2D eigenvalue weighted by atomic mass is 10.1. The van der Waals surface area contributed by atoms with Gasteiger partial charge in [-0.3, -0.25) is 19.9 Å². The summed E-state index contributed by atoms with van der Waals surface area (Å²) in [6, 6.07) is 23.8. The summed E-state index contributed by atoms with van der Waals surface area (Å²) >= 11 is 1.47. The number of hydrogen-bond donors (Lipinski definition) is 2. The van der Waals surface area contributed by atoms with Gasteiger partial charge in [-0.25, -0.2) is 4.98 Å². The average Bonchev–Trinajstić information content (AvgIpc) is 3.74. The molecule has 9 heteroatoms. The van der Waals surface area contributed by atoms with Crippen molar-refractivity contribution in [2.75, 3.05) is 0 Å². The molecule has 2 N–H and O–H groups in total. The van der Waals surface area contributed by atoms with Crippen molar-refractivity contribution in [1.82, 2.24) is 30.1 Å². The normalized spacial score (nSPS) is 11.3. The van der Waals surface area contributed by atoms with Crippen molar-refractivity contribution in [3.05, 3.63) is 102 Å². The van der Waals surface area contributed by atoms with E-state index in [0.717, 1.165) is 54.1 Å². The molecule has 0 aliphatic carbocycles. The Bertz CT molecular complexity index is 2010. The summed E-state index contributed by atoms with van der Waals surface area (Å²) < 4.78 is 5.97. The second kappa shape index (κ2) is 9.87. The van der Waals surface area contributed by atoms with E-state index in [-0.39, 0.29) is 5.78 Å². The predicted molar refractivity (Wildman–Crippen MR) is 156 cm³/mol. The number of para-hydroxylation sites is 1. The molecule has 0 saturated heterocycles. The molecule has 0 radical (unpaired) electrons. The third-order valence-electron chi connectivity index (χ3n) is 6.66. The third kappa shape index (κ3) is 4.42. The van der Waals surface area contributed by atoms with Crippen LogP contribution in [-0.2, 0) is 6.61 Å². The van der Waals surface area contributed by atoms with Crippen molar-refractivity contribution in [1.29, 1.82) is 0 Å². The van der Waals surface area contributed by atoms with Gasteiger partial charge >= 0.3 is 0 Å². The number of carbonyl (C=O) groups excluding carboxylic acids is 1. The van der Waals surface area contributed by atoms with Crippen molar-refractivity contribution in [3.63, 3.8) is 0 Å². The summed E-state index contributed by atoms with van der Waals surface area (Å²) in [6.45, 7) is 2.04. The molecule has 0 fully saturated rings. The molecule has 0 aliphatic rings. The lowest BCUT2D eigenvalue weighted by molar-refractivity contribution is 0.102. The number of thiophene rings is 1. The standard InChI is InChI=1S/C31H22N6O2S/c1-18(38)27-10-11-28(40-27)22-8-5-9-24-29(22)35-31(34-24)30-23-13-25(33-16-26(23)36-37-30)20-12-21(15-32-14-20)39-17-19-6-3-2-4-7-19/h2-16H,17H2,1H3,(H,34,35)(H,36,37). The van der Waals surface area contributed by atoms with Crippen LogP contribution in [0, 0.1) is 0 Å². The van der Waals surface area contributed by atoms with Gasteiger partial charge in [-0.15, -0.1) is 11.3 Å². The summed E-state index contributed by atoms with van der Waals surface area (Å²) in [5, 5.41) is 8.52. The number of imidazole rings is 1. The largest absolute Gasteiger partial charge is 0.487 e. The summed E-state index contributed by atoms with van der Waals surface area (Å²) in [7, 11) is 0. The molecule has 0 bridgehead atoms. The van der Waals surface area contributed by atoms with Gasteiger partial charge in [-0.05, 0) is 42.8 Å². The van der Waals surface area contributed by atoms with Gasteiger partial charge in [-0.1, -0.05) is 42.5 Å². The van der Waals surface area contributed by atoms with E-state index in [1.807, 2.05) is 72.8 Å². The quantitative estimate of drug-likeness (QED) is 0.208. The highest BCUT2D eigenvalue weighted by Gasteiger charge is 2.17. The molecule has 0 spiro atoms. The lowest BCUT2D eigenvalue weighted by Gasteiger charge is -2.08. The zero-order chi connectivity index (χ0) is 27.1. The van der Waals surface area contributed by atoms with Gasteiger partial charge in [0.15, 0.2) is 11.6 Å². The highest BCUT2D eigenvalue weighted by atomic mass is 32.1. The topological polar surface area (TPSA) is 109 Å². The van der Waals surface area contributed by atoms with Gasteiger partial charge in [0.05, 0.1) is 39.5 Å². The molecule has 7 rings (SSSR count). The van der Waals surface area contributed by atoms with E-state index >= 15 is 0 Å². The zero-order valence-corrected chi connectivity index (χ0v) is 22.2. The maximum absolute atomic E-state index is 11.8. The van der Waals surface area contributed by atoms with Gasteiger partial charge < -0.3 is 9.72 Å². The number of ketones is 1. The molecular formula is C31H22N6O2S. The van der Waals surface area contributed by atoms with E-state index in [2.05, 4.69) is 25.1 Å². The minimum absolute atomic E-state index is 0.0574. The van der Waals surface area contributed by atoms with Crippen LogP contribution in [0.2, 0.25) is 0 Å². The summed E-state index contributed by atoms with van der Waals surface area (Å²) in [4.78, 5) is 30.9. The summed E-state index contributed by atoms with van der Waals surface area (Å²) in [5.74, 6) is 1.37. The Balaban J connectivity index is 1.23. The van der Waals surface area contributed by atoms with Crippen LogP contribution < -0.4 is 4.74 Å². The maximum Gasteiger partial charge on any atom is 0.169 e. The smallest absolute Gasteiger partial charge is 0.169 e. The molecule has 0 amide bonds. The van der Waals surface area contributed by atoms with Crippen LogP contribution in [0.15, 0.2) is 91.4 Å². The Morgan fingerprint density at radius 2 is 1.85 bits per heavy atom. The van der Waals surface area contributed by atoms with Gasteiger partial charge in [0.25, 0.3) is 0 Å². The molecular weight excluding hydrogens is 520 g/mol. The van der Waals surface area contributed by atoms with Crippen LogP contribution in [0.25, 0.3) is 55.2 Å². The van der Waals surface area contributed by atoms with Gasteiger partial charge in [-0.2, -0.15) is 5.10 Å². The fourth-order valence-corrected chi connectivity index (χ4v) is 5.58. The molecule has 0 saturated carbocycles. The average molecular weight is 543 g/mol. The number of fused-ring (bicyclic) bond motifs is 2. The van der Waals surface area contributed by atoms with E-state index in [1.54, 1.807) is 25.5 Å². The molecule has 40 heavy (non-hydrogen) atoms. The lowest BCUT2D eigenvalue weighted by Crippen LogP contribution is -1.96. The fraction of sp³-hybridized carbons (Fsp3) is 0.0645. The Kier molecular flexibility index (Phi) is 5.90. The number of benzene rings is 2. The fourth-order valence-electron chi connectivity index (χ4n) is 4.65. The first-order chi connectivity index (χ1) is 19.6. The molecule has 2 aromatic carbocycles. The minimum atomic E-state index is 0.0574. The second-order valence-electron chi connectivity index (χ2n) is 9.38. The Labute approximate surface area is 232 Å². The number of aromatic nitrogens is 6. The van der Waals surface area contributed by atoms with E-state index in [9.17, 15) is 4.79 Å². The van der Waals surface area contributed by atoms with Gasteiger partial charge in [0, 0.05) is 27.6 Å². The SMILES string of the molecule is CC(=O)c1ccc(-c2cccc3[nH]c(-c4n[nH]c5cnc(-c6cncc(OCc7ccccc7)c6)cc45)nc23)s1. The number of rotatable bonds is 7. The van der Waals surface area contributed by atoms with Crippen molar-refractivity contribution in [3.8, 4) is 39.0 Å². The molecule has 5 heterocycles. The molecule has 8 nitrogen and oxygen atoms in total. The molecule has 0 unspecified atom stereocenters. The van der Waals surface area contributed by atoms with Gasteiger partial charge in [0.2, 0.25) is 0 Å². The number of pyridine rings is 2. The van der Waals surface area contributed by atoms with Crippen molar-refractivity contribution in [2.45, 2.75) is 13.5 Å². The Hall–Kier alpha value is -5.15. The Morgan fingerprint density at radius 3 is 2.70 bits per heavy atom. The molecule has 7 aromatic rings. The highest BCUT2D eigenvalue weighted by Crippen LogP contribution is 2.35. The van der Waals surface area contributed by atoms with Crippen LogP contribution in [0.3, 0.4) is 0 Å². The summed E-state index contributed by atoms with van der Waals surface area (Å²) in [5.41, 5.74) is 6.86. The van der Waals surface area contributed by atoms with Crippen LogP contribution >= 0.6 is 11.3 Å². The minimum Gasteiger partial charge on any atom is -0.487 e. The monoisotopic (exact) mass is 542 g/mol. The van der Waals surface area contributed by atoms with Gasteiger partial charge in [0.1, 0.15) is 18.1 Å². The molecule has 0 aliphatic heterocycles. The van der Waals surface area contributed by atoms with E-state index in [1.165, 1.54) is 11.3 Å². The number of ether oxygens (including phenoxy) is 1. The number of aromatic amines is 2. The first-order valence-corrected chi connectivity index (χ1v) is 13.5. The number of H-pyrrole nitrogens is 2. The number of carbonyl (C=O) groups is 1. The van der Waals surface area contributed by atoms with Crippen LogP contribution in [0.1, 0.15) is 22.2 Å².